The van der Waals surface area contributed by atoms with E-state index in [9.17, 15) is 18.0 Å². The van der Waals surface area contributed by atoms with Crippen molar-refractivity contribution in [1.29, 1.82) is 0 Å². The normalized spacial score (nSPS) is 20.6. The highest BCUT2D eigenvalue weighted by atomic mass is 32.2. The molecule has 194 valence electrons. The largest absolute Gasteiger partial charge is 0.494 e. The topological polar surface area (TPSA) is 119 Å². The van der Waals surface area contributed by atoms with Crippen molar-refractivity contribution in [1.82, 2.24) is 19.8 Å². The van der Waals surface area contributed by atoms with Gasteiger partial charge in [0.05, 0.1) is 24.1 Å². The van der Waals surface area contributed by atoms with Gasteiger partial charge < -0.3 is 10.1 Å². The van der Waals surface area contributed by atoms with Gasteiger partial charge in [0.25, 0.3) is 11.8 Å². The third-order valence-electron chi connectivity index (χ3n) is 6.83. The van der Waals surface area contributed by atoms with Crippen LogP contribution in [0.5, 0.6) is 5.75 Å². The molecular weight excluding hydrogens is 480 g/mol. The summed E-state index contributed by atoms with van der Waals surface area (Å²) in [6.45, 7) is 5.40. The van der Waals surface area contributed by atoms with Gasteiger partial charge in [-0.05, 0) is 55.9 Å². The predicted molar refractivity (Wildman–Crippen MR) is 136 cm³/mol. The number of amides is 2. The number of sulfonamides is 1. The Hall–Kier alpha value is -3.14. The first-order chi connectivity index (χ1) is 17.1. The molecule has 4 rings (SSSR count). The number of rotatable bonds is 10. The van der Waals surface area contributed by atoms with Crippen LogP contribution >= 0.6 is 0 Å². The van der Waals surface area contributed by atoms with E-state index in [0.717, 1.165) is 37.0 Å². The summed E-state index contributed by atoms with van der Waals surface area (Å²) in [7, 11) is -3.86. The lowest BCUT2D eigenvalue weighted by Gasteiger charge is -2.37. The highest BCUT2D eigenvalue weighted by Gasteiger charge is 2.41. The maximum Gasteiger partial charge on any atom is 0.270 e. The van der Waals surface area contributed by atoms with Gasteiger partial charge in [-0.25, -0.2) is 13.1 Å². The van der Waals surface area contributed by atoms with E-state index in [-0.39, 0.29) is 12.0 Å². The van der Waals surface area contributed by atoms with E-state index in [1.54, 1.807) is 6.07 Å². The molecule has 1 saturated carbocycles. The van der Waals surface area contributed by atoms with Gasteiger partial charge in [0.15, 0.2) is 0 Å². The van der Waals surface area contributed by atoms with Crippen LogP contribution in [-0.2, 0) is 31.7 Å². The van der Waals surface area contributed by atoms with Gasteiger partial charge in [-0.2, -0.15) is 5.10 Å². The molecule has 2 heterocycles. The molecule has 2 aromatic rings. The van der Waals surface area contributed by atoms with Gasteiger partial charge in [-0.15, -0.1) is 0 Å². The molecule has 2 amide bonds. The van der Waals surface area contributed by atoms with Crippen LogP contribution in [0.3, 0.4) is 0 Å². The number of carbonyl (C=O) groups excluding carboxylic acids is 2. The third-order valence-corrected chi connectivity index (χ3v) is 7.39. The lowest BCUT2D eigenvalue weighted by molar-refractivity contribution is -0.124. The van der Waals surface area contributed by atoms with Crippen molar-refractivity contribution in [3.05, 3.63) is 53.4 Å². The molecular formula is C26H34N4O5S. The second kappa shape index (κ2) is 10.5. The molecule has 10 heteroatoms. The first-order valence-electron chi connectivity index (χ1n) is 12.4. The first-order valence-corrected chi connectivity index (χ1v) is 14.3. The Balaban J connectivity index is 1.66. The minimum Gasteiger partial charge on any atom is -0.494 e. The highest BCUT2D eigenvalue weighted by Crippen LogP contribution is 2.39. The Morgan fingerprint density at radius 3 is 2.58 bits per heavy atom. The van der Waals surface area contributed by atoms with E-state index in [0.29, 0.717) is 23.8 Å². The van der Waals surface area contributed by atoms with Gasteiger partial charge >= 0.3 is 0 Å². The number of aromatic nitrogens is 2. The third kappa shape index (κ3) is 5.98. The van der Waals surface area contributed by atoms with Gasteiger partial charge in [-0.1, -0.05) is 31.9 Å². The van der Waals surface area contributed by atoms with Gasteiger partial charge in [0.1, 0.15) is 11.3 Å². The van der Waals surface area contributed by atoms with Crippen LogP contribution in [0.4, 0.5) is 0 Å². The lowest BCUT2D eigenvalue weighted by atomic mass is 9.79. The van der Waals surface area contributed by atoms with Crippen LogP contribution in [-0.4, -0.2) is 42.9 Å². The van der Waals surface area contributed by atoms with Gasteiger partial charge in [0.2, 0.25) is 10.0 Å². The molecule has 1 fully saturated rings. The Bertz CT molecular complexity index is 1260. The van der Waals surface area contributed by atoms with Crippen molar-refractivity contribution in [3.8, 4) is 5.75 Å². The number of nitrogens with one attached hydrogen (secondary N) is 2. The van der Waals surface area contributed by atoms with Crippen LogP contribution in [0, 0.1) is 5.92 Å². The molecule has 1 aliphatic heterocycles. The highest BCUT2D eigenvalue weighted by molar-refractivity contribution is 7.89. The minimum absolute atomic E-state index is 0.230. The van der Waals surface area contributed by atoms with E-state index < -0.39 is 27.4 Å². The Morgan fingerprint density at radius 1 is 1.25 bits per heavy atom. The predicted octanol–water partition coefficient (Wildman–Crippen LogP) is 3.13. The van der Waals surface area contributed by atoms with Gasteiger partial charge in [0, 0.05) is 24.7 Å². The summed E-state index contributed by atoms with van der Waals surface area (Å²) in [5.41, 5.74) is 0.687. The van der Waals surface area contributed by atoms with E-state index in [1.165, 1.54) is 19.3 Å². The Morgan fingerprint density at radius 2 is 1.97 bits per heavy atom. The number of ether oxygens (including phenoxy) is 1. The first kappa shape index (κ1) is 25.9. The molecule has 0 saturated heterocycles. The fraction of sp³-hybridized carbons (Fsp3) is 0.500. The Kier molecular flexibility index (Phi) is 7.54. The second-order valence-electron chi connectivity index (χ2n) is 9.97. The smallest absolute Gasteiger partial charge is 0.270 e. The molecule has 0 spiro atoms. The summed E-state index contributed by atoms with van der Waals surface area (Å²) >= 11 is 0. The van der Waals surface area contributed by atoms with Crippen molar-refractivity contribution in [2.45, 2.75) is 64.5 Å². The van der Waals surface area contributed by atoms with Crippen LogP contribution in [0.2, 0.25) is 0 Å². The lowest BCUT2D eigenvalue weighted by Crippen LogP contribution is -2.50. The summed E-state index contributed by atoms with van der Waals surface area (Å²) in [4.78, 5) is 26.2. The van der Waals surface area contributed by atoms with Crippen LogP contribution in [0.25, 0.3) is 5.57 Å². The fourth-order valence-electron chi connectivity index (χ4n) is 4.61. The molecule has 1 aromatic carbocycles. The standard InChI is InChI=1S/C26H34N4O5S/c1-4-5-15-35-20-11-9-19(10-12-20)26(2)16-21(22-13-14-30(28-22)17-18-7-6-8-18)23(24(31)27-26)25(32)29-36(3,33)34/h9-14,18H,4-8,15-17H2,1-3H3,(H,27,31)(H,29,32). The molecule has 0 bridgehead atoms. The quantitative estimate of drug-likeness (QED) is 0.371. The molecule has 1 unspecified atom stereocenters. The second-order valence-corrected chi connectivity index (χ2v) is 11.7. The van der Waals surface area contributed by atoms with Crippen LogP contribution in [0.1, 0.15) is 63.6 Å². The van der Waals surface area contributed by atoms with Gasteiger partial charge in [-0.3, -0.25) is 14.3 Å². The maximum atomic E-state index is 13.3. The SMILES string of the molecule is CCCCOc1ccc(C2(C)CC(c3ccn(CC4CCC4)n3)=C(C(=O)NS(C)(=O)=O)C(=O)N2)cc1. The van der Waals surface area contributed by atoms with Crippen molar-refractivity contribution in [2.75, 3.05) is 12.9 Å². The zero-order chi connectivity index (χ0) is 25.9. The summed E-state index contributed by atoms with van der Waals surface area (Å²) < 4.78 is 33.0. The number of nitrogens with zero attached hydrogens (tertiary/aromatic N) is 2. The number of benzene rings is 1. The molecule has 2 N–H and O–H groups in total. The molecule has 1 aromatic heterocycles. The molecule has 2 aliphatic rings. The van der Waals surface area contributed by atoms with E-state index in [4.69, 9.17) is 4.74 Å². The van der Waals surface area contributed by atoms with E-state index >= 15 is 0 Å². The number of unbranched alkanes of at least 4 members (excludes halogenated alkanes) is 1. The van der Waals surface area contributed by atoms with E-state index in [2.05, 4.69) is 17.3 Å². The average Bonchev–Trinajstić information content (AvgIpc) is 3.24. The summed E-state index contributed by atoms with van der Waals surface area (Å²) in [5, 5.41) is 7.59. The minimum atomic E-state index is -3.86. The van der Waals surface area contributed by atoms with Crippen LogP contribution < -0.4 is 14.8 Å². The molecule has 36 heavy (non-hydrogen) atoms. The molecule has 1 atom stereocenters. The molecule has 0 radical (unpaired) electrons. The zero-order valence-corrected chi connectivity index (χ0v) is 21.9. The maximum absolute atomic E-state index is 13.3. The zero-order valence-electron chi connectivity index (χ0n) is 21.0. The van der Waals surface area contributed by atoms with Crippen molar-refractivity contribution in [2.24, 2.45) is 5.92 Å². The molecule has 1 aliphatic carbocycles. The van der Waals surface area contributed by atoms with Crippen LogP contribution in [0.15, 0.2) is 42.1 Å². The molecule has 9 nitrogen and oxygen atoms in total. The fourth-order valence-corrected chi connectivity index (χ4v) is 5.05. The number of hydrogen-bond donors (Lipinski definition) is 2. The Labute approximate surface area is 212 Å². The van der Waals surface area contributed by atoms with Crippen molar-refractivity contribution >= 4 is 27.4 Å². The van der Waals surface area contributed by atoms with E-state index in [1.807, 2.05) is 46.8 Å². The summed E-state index contributed by atoms with van der Waals surface area (Å²) in [5.74, 6) is -0.272. The summed E-state index contributed by atoms with van der Waals surface area (Å²) in [6, 6.07) is 9.31. The van der Waals surface area contributed by atoms with Crippen molar-refractivity contribution in [3.63, 3.8) is 0 Å². The number of hydrogen-bond acceptors (Lipinski definition) is 6. The van der Waals surface area contributed by atoms with Crippen molar-refractivity contribution < 1.29 is 22.7 Å². The summed E-state index contributed by atoms with van der Waals surface area (Å²) in [6.07, 6.45) is 8.56. The average molecular weight is 515 g/mol. The number of carbonyl (C=O) groups is 2. The monoisotopic (exact) mass is 514 g/mol.